The van der Waals surface area contributed by atoms with Gasteiger partial charge in [0.2, 0.25) is 5.91 Å². The van der Waals surface area contributed by atoms with Crippen molar-refractivity contribution < 1.29 is 14.3 Å². The van der Waals surface area contributed by atoms with Crippen LogP contribution >= 0.6 is 11.6 Å². The molecule has 1 unspecified atom stereocenters. The summed E-state index contributed by atoms with van der Waals surface area (Å²) in [4.78, 5) is 26.7. The molecule has 1 atom stereocenters. The summed E-state index contributed by atoms with van der Waals surface area (Å²) < 4.78 is 6.90. The number of halogens is 1. The zero-order chi connectivity index (χ0) is 18.7. The first-order chi connectivity index (χ1) is 12.5. The Morgan fingerprint density at radius 1 is 1.31 bits per heavy atom. The maximum absolute atomic E-state index is 12.6. The predicted molar refractivity (Wildman–Crippen MR) is 97.6 cm³/mol. The van der Waals surface area contributed by atoms with E-state index >= 15 is 0 Å². The molecule has 1 aliphatic heterocycles. The lowest BCUT2D eigenvalue weighted by molar-refractivity contribution is -0.136. The summed E-state index contributed by atoms with van der Waals surface area (Å²) >= 11 is 6.02. The van der Waals surface area contributed by atoms with Crippen LogP contribution in [0.4, 0.5) is 0 Å². The Balaban J connectivity index is 1.71. The molecule has 0 radical (unpaired) electrons. The molecular formula is C18H21ClN4O3. The van der Waals surface area contributed by atoms with Crippen LogP contribution in [0.2, 0.25) is 5.02 Å². The average Bonchev–Trinajstić information content (AvgIpc) is 3.03. The summed E-state index contributed by atoms with van der Waals surface area (Å²) in [5.41, 5.74) is 1.87. The Labute approximate surface area is 156 Å². The van der Waals surface area contributed by atoms with Gasteiger partial charge in [0.1, 0.15) is 6.04 Å². The number of rotatable bonds is 4. The highest BCUT2D eigenvalue weighted by molar-refractivity contribution is 6.30. The molecule has 7 nitrogen and oxygen atoms in total. The van der Waals surface area contributed by atoms with Gasteiger partial charge in [-0.05, 0) is 32.0 Å². The molecule has 1 aromatic heterocycles. The molecule has 1 aromatic carbocycles. The number of aromatic nitrogens is 2. The van der Waals surface area contributed by atoms with Crippen LogP contribution in [0.15, 0.2) is 30.5 Å². The third-order valence-electron chi connectivity index (χ3n) is 4.35. The topological polar surface area (TPSA) is 76.5 Å². The van der Waals surface area contributed by atoms with Crippen molar-refractivity contribution in [1.29, 1.82) is 0 Å². The minimum absolute atomic E-state index is 0.110. The summed E-state index contributed by atoms with van der Waals surface area (Å²) in [5.74, 6) is -0.438. The number of morpholine rings is 1. The van der Waals surface area contributed by atoms with Crippen molar-refractivity contribution in [3.05, 3.63) is 46.7 Å². The lowest BCUT2D eigenvalue weighted by Gasteiger charge is -2.29. The van der Waals surface area contributed by atoms with Crippen LogP contribution in [-0.4, -0.2) is 58.8 Å². The highest BCUT2D eigenvalue weighted by atomic mass is 35.5. The summed E-state index contributed by atoms with van der Waals surface area (Å²) in [6.45, 7) is 5.63. The number of ether oxygens (including phenoxy) is 1. The third-order valence-corrected chi connectivity index (χ3v) is 4.58. The van der Waals surface area contributed by atoms with Gasteiger partial charge in [-0.15, -0.1) is 0 Å². The van der Waals surface area contributed by atoms with Gasteiger partial charge in [-0.2, -0.15) is 5.10 Å². The van der Waals surface area contributed by atoms with Crippen LogP contribution in [-0.2, 0) is 9.53 Å². The predicted octanol–water partition coefficient (Wildman–Crippen LogP) is 1.81. The minimum Gasteiger partial charge on any atom is -0.378 e. The number of nitrogens with zero attached hydrogens (tertiary/aromatic N) is 3. The van der Waals surface area contributed by atoms with Gasteiger partial charge in [-0.3, -0.25) is 9.59 Å². The zero-order valence-corrected chi connectivity index (χ0v) is 15.5. The summed E-state index contributed by atoms with van der Waals surface area (Å²) in [7, 11) is 0. The Kier molecular flexibility index (Phi) is 5.58. The van der Waals surface area contributed by atoms with Gasteiger partial charge in [0.25, 0.3) is 5.91 Å². The molecule has 26 heavy (non-hydrogen) atoms. The second-order valence-electron chi connectivity index (χ2n) is 6.17. The first-order valence-electron chi connectivity index (χ1n) is 8.45. The van der Waals surface area contributed by atoms with Gasteiger partial charge < -0.3 is 15.0 Å². The van der Waals surface area contributed by atoms with Gasteiger partial charge in [0, 0.05) is 18.1 Å². The molecule has 2 aromatic rings. The lowest BCUT2D eigenvalue weighted by Crippen LogP contribution is -2.50. The van der Waals surface area contributed by atoms with Crippen LogP contribution < -0.4 is 5.32 Å². The van der Waals surface area contributed by atoms with Gasteiger partial charge >= 0.3 is 0 Å². The number of hydrogen-bond donors (Lipinski definition) is 1. The van der Waals surface area contributed by atoms with Gasteiger partial charge in [-0.25, -0.2) is 4.68 Å². The Bertz CT molecular complexity index is 815. The zero-order valence-electron chi connectivity index (χ0n) is 14.7. The van der Waals surface area contributed by atoms with Crippen LogP contribution in [0, 0.1) is 6.92 Å². The fourth-order valence-electron chi connectivity index (χ4n) is 2.89. The van der Waals surface area contributed by atoms with Crippen molar-refractivity contribution in [2.45, 2.75) is 19.9 Å². The third kappa shape index (κ3) is 3.89. The first-order valence-corrected chi connectivity index (χ1v) is 8.83. The lowest BCUT2D eigenvalue weighted by atomic mass is 10.2. The van der Waals surface area contributed by atoms with E-state index in [1.165, 1.54) is 6.20 Å². The maximum atomic E-state index is 12.6. The Hall–Kier alpha value is -2.38. The SMILES string of the molecule is Cc1c(C(=O)NC(C)C(=O)N2CCOCC2)cnn1-c1cccc(Cl)c1. The number of carbonyl (C=O) groups excluding carboxylic acids is 2. The molecule has 3 rings (SSSR count). The highest BCUT2D eigenvalue weighted by Crippen LogP contribution is 2.18. The maximum Gasteiger partial charge on any atom is 0.255 e. The van der Waals surface area contributed by atoms with Crippen molar-refractivity contribution in [3.8, 4) is 5.69 Å². The molecule has 1 aliphatic rings. The number of benzene rings is 1. The van der Waals surface area contributed by atoms with E-state index in [9.17, 15) is 9.59 Å². The number of amides is 2. The first kappa shape index (κ1) is 18.4. The molecule has 0 saturated carbocycles. The van der Waals surface area contributed by atoms with Crippen molar-refractivity contribution >= 4 is 23.4 Å². The van der Waals surface area contributed by atoms with Crippen LogP contribution in [0.25, 0.3) is 5.69 Å². The monoisotopic (exact) mass is 376 g/mol. The van der Waals surface area contributed by atoms with Crippen LogP contribution in [0.5, 0.6) is 0 Å². The van der Waals surface area contributed by atoms with E-state index in [0.717, 1.165) is 5.69 Å². The highest BCUT2D eigenvalue weighted by Gasteiger charge is 2.25. The fraction of sp³-hybridized carbons (Fsp3) is 0.389. The molecule has 1 saturated heterocycles. The average molecular weight is 377 g/mol. The molecule has 0 spiro atoms. The second kappa shape index (κ2) is 7.88. The van der Waals surface area contributed by atoms with Crippen molar-refractivity contribution in [1.82, 2.24) is 20.0 Å². The molecule has 8 heteroatoms. The fourth-order valence-corrected chi connectivity index (χ4v) is 3.08. The molecule has 1 fully saturated rings. The van der Waals surface area contributed by atoms with E-state index in [1.807, 2.05) is 12.1 Å². The summed E-state index contributed by atoms with van der Waals surface area (Å²) in [6, 6.07) is 6.61. The van der Waals surface area contributed by atoms with Gasteiger partial charge in [0.05, 0.1) is 36.4 Å². The summed E-state index contributed by atoms with van der Waals surface area (Å²) in [5, 5.41) is 7.63. The standard InChI is InChI=1S/C18H21ClN4O3/c1-12(18(25)22-6-8-26-9-7-22)21-17(24)16-11-20-23(13(16)2)15-5-3-4-14(19)10-15/h3-5,10-12H,6-9H2,1-2H3,(H,21,24). The molecule has 2 amide bonds. The van der Waals surface area contributed by atoms with E-state index in [1.54, 1.807) is 35.6 Å². The van der Waals surface area contributed by atoms with E-state index in [-0.39, 0.29) is 11.8 Å². The number of hydrogen-bond acceptors (Lipinski definition) is 4. The molecule has 0 aliphatic carbocycles. The minimum atomic E-state index is -0.616. The van der Waals surface area contributed by atoms with Gasteiger partial charge in [-0.1, -0.05) is 17.7 Å². The van der Waals surface area contributed by atoms with Crippen molar-refractivity contribution in [3.63, 3.8) is 0 Å². The Morgan fingerprint density at radius 3 is 2.73 bits per heavy atom. The number of carbonyl (C=O) groups is 2. The second-order valence-corrected chi connectivity index (χ2v) is 6.60. The molecular weight excluding hydrogens is 356 g/mol. The molecule has 138 valence electrons. The summed E-state index contributed by atoms with van der Waals surface area (Å²) in [6.07, 6.45) is 1.50. The smallest absolute Gasteiger partial charge is 0.255 e. The quantitative estimate of drug-likeness (QED) is 0.883. The van der Waals surface area contributed by atoms with E-state index in [4.69, 9.17) is 16.3 Å². The molecule has 1 N–H and O–H groups in total. The Morgan fingerprint density at radius 2 is 2.04 bits per heavy atom. The normalized spacial score (nSPS) is 15.6. The molecule has 2 heterocycles. The van der Waals surface area contributed by atoms with Crippen LogP contribution in [0.3, 0.4) is 0 Å². The number of nitrogens with one attached hydrogen (secondary N) is 1. The van der Waals surface area contributed by atoms with Gasteiger partial charge in [0.15, 0.2) is 0 Å². The van der Waals surface area contributed by atoms with E-state index in [0.29, 0.717) is 42.6 Å². The van der Waals surface area contributed by atoms with Crippen molar-refractivity contribution in [2.75, 3.05) is 26.3 Å². The largest absolute Gasteiger partial charge is 0.378 e. The van der Waals surface area contributed by atoms with E-state index in [2.05, 4.69) is 10.4 Å². The molecule has 0 bridgehead atoms. The van der Waals surface area contributed by atoms with Crippen LogP contribution in [0.1, 0.15) is 23.0 Å². The van der Waals surface area contributed by atoms with Crippen molar-refractivity contribution in [2.24, 2.45) is 0 Å². The van der Waals surface area contributed by atoms with E-state index < -0.39 is 6.04 Å².